The number of rotatable bonds is 6. The minimum atomic E-state index is -1.03. The number of carboxylic acids is 1. The highest BCUT2D eigenvalue weighted by molar-refractivity contribution is 5.78. The zero-order valence-electron chi connectivity index (χ0n) is 13.1. The number of aliphatic carboxylic acids is 1. The molecule has 8 heteroatoms. The maximum Gasteiger partial charge on any atom is 0.334 e. The first-order valence-corrected chi connectivity index (χ1v) is 8.01. The molecule has 1 aliphatic heterocycles. The molecular formula is C15H21N3O5. The van der Waals surface area contributed by atoms with Crippen LogP contribution in [0.5, 0.6) is 0 Å². The van der Waals surface area contributed by atoms with Crippen LogP contribution in [-0.2, 0) is 20.7 Å². The van der Waals surface area contributed by atoms with Crippen molar-refractivity contribution in [2.24, 2.45) is 0 Å². The van der Waals surface area contributed by atoms with E-state index in [0.717, 1.165) is 18.7 Å². The molecule has 0 aromatic carbocycles. The number of aromatic nitrogens is 2. The number of hydrogen-bond donors (Lipinski definition) is 1. The van der Waals surface area contributed by atoms with E-state index < -0.39 is 12.1 Å². The normalized spacial score (nSPS) is 24.7. The van der Waals surface area contributed by atoms with E-state index >= 15 is 0 Å². The molecule has 1 saturated carbocycles. The van der Waals surface area contributed by atoms with Crippen molar-refractivity contribution >= 4 is 11.9 Å². The predicted molar refractivity (Wildman–Crippen MR) is 77.8 cm³/mol. The molecule has 2 heterocycles. The Labute approximate surface area is 133 Å². The van der Waals surface area contributed by atoms with Gasteiger partial charge < -0.3 is 19.3 Å². The third-order valence-corrected chi connectivity index (χ3v) is 4.10. The summed E-state index contributed by atoms with van der Waals surface area (Å²) in [7, 11) is 0. The van der Waals surface area contributed by atoms with Crippen LogP contribution in [0.1, 0.15) is 50.2 Å². The number of morpholine rings is 1. The Balaban J connectivity index is 1.45. The molecule has 1 N–H and O–H groups in total. The van der Waals surface area contributed by atoms with Gasteiger partial charge in [0.1, 0.15) is 0 Å². The zero-order chi connectivity index (χ0) is 16.4. The van der Waals surface area contributed by atoms with Crippen molar-refractivity contribution in [1.29, 1.82) is 0 Å². The van der Waals surface area contributed by atoms with Gasteiger partial charge in [0.25, 0.3) is 0 Å². The largest absolute Gasteiger partial charge is 0.479 e. The minimum Gasteiger partial charge on any atom is -0.479 e. The molecule has 3 rings (SSSR count). The minimum absolute atomic E-state index is 0.0617. The summed E-state index contributed by atoms with van der Waals surface area (Å²) < 4.78 is 10.5. The van der Waals surface area contributed by atoms with Crippen LogP contribution in [-0.4, -0.2) is 57.3 Å². The smallest absolute Gasteiger partial charge is 0.334 e. The molecule has 2 fully saturated rings. The highest BCUT2D eigenvalue weighted by Crippen LogP contribution is 2.38. The molecule has 0 bridgehead atoms. The van der Waals surface area contributed by atoms with Crippen LogP contribution in [0.15, 0.2) is 4.52 Å². The van der Waals surface area contributed by atoms with Gasteiger partial charge in [-0.25, -0.2) is 4.79 Å². The van der Waals surface area contributed by atoms with Gasteiger partial charge in [0, 0.05) is 25.3 Å². The SMILES string of the molecule is C[C@@H]1CN(C(=O)CCCc2nc(C3CC3)no2)CC(C(=O)O)O1. The number of aryl methyl sites for hydroxylation is 1. The maximum absolute atomic E-state index is 12.2. The number of nitrogens with zero attached hydrogens (tertiary/aromatic N) is 3. The van der Waals surface area contributed by atoms with Gasteiger partial charge in [0.2, 0.25) is 11.8 Å². The molecule has 0 radical (unpaired) electrons. The van der Waals surface area contributed by atoms with E-state index in [1.165, 1.54) is 0 Å². The zero-order valence-corrected chi connectivity index (χ0v) is 13.1. The number of ether oxygens (including phenoxy) is 1. The number of amides is 1. The van der Waals surface area contributed by atoms with Crippen molar-refractivity contribution < 1.29 is 24.0 Å². The van der Waals surface area contributed by atoms with Crippen molar-refractivity contribution in [1.82, 2.24) is 15.0 Å². The molecule has 8 nitrogen and oxygen atoms in total. The van der Waals surface area contributed by atoms with Gasteiger partial charge in [-0.3, -0.25) is 4.79 Å². The first-order chi connectivity index (χ1) is 11.0. The van der Waals surface area contributed by atoms with Gasteiger partial charge >= 0.3 is 5.97 Å². The van der Waals surface area contributed by atoms with Crippen LogP contribution < -0.4 is 0 Å². The average Bonchev–Trinajstić information content (AvgIpc) is 3.26. The van der Waals surface area contributed by atoms with Crippen molar-refractivity contribution in [3.63, 3.8) is 0 Å². The van der Waals surface area contributed by atoms with Crippen molar-refractivity contribution in [2.45, 2.75) is 57.2 Å². The number of hydrogen-bond acceptors (Lipinski definition) is 6. The van der Waals surface area contributed by atoms with Crippen LogP contribution in [0.4, 0.5) is 0 Å². The third-order valence-electron chi connectivity index (χ3n) is 4.10. The van der Waals surface area contributed by atoms with Gasteiger partial charge in [-0.05, 0) is 26.2 Å². The molecule has 23 heavy (non-hydrogen) atoms. The lowest BCUT2D eigenvalue weighted by atomic mass is 10.1. The molecule has 2 aliphatic rings. The molecule has 0 spiro atoms. The summed E-state index contributed by atoms with van der Waals surface area (Å²) in [4.78, 5) is 29.2. The Morgan fingerprint density at radius 3 is 2.83 bits per heavy atom. The Kier molecular flexibility index (Phi) is 4.61. The summed E-state index contributed by atoms with van der Waals surface area (Å²) in [6.45, 7) is 2.30. The van der Waals surface area contributed by atoms with Crippen LogP contribution in [0, 0.1) is 0 Å². The Morgan fingerprint density at radius 1 is 1.35 bits per heavy atom. The lowest BCUT2D eigenvalue weighted by Gasteiger charge is -2.35. The maximum atomic E-state index is 12.2. The molecular weight excluding hydrogens is 302 g/mol. The Bertz CT molecular complexity index is 583. The molecule has 1 aromatic heterocycles. The summed E-state index contributed by atoms with van der Waals surface area (Å²) in [6.07, 6.45) is 2.53. The van der Waals surface area contributed by atoms with Gasteiger partial charge in [0.15, 0.2) is 11.9 Å². The van der Waals surface area contributed by atoms with E-state index in [4.69, 9.17) is 14.4 Å². The van der Waals surface area contributed by atoms with Gasteiger partial charge in [-0.15, -0.1) is 0 Å². The Morgan fingerprint density at radius 2 is 2.13 bits per heavy atom. The third kappa shape index (κ3) is 4.07. The second-order valence-electron chi connectivity index (χ2n) is 6.25. The molecule has 1 aromatic rings. The first-order valence-electron chi connectivity index (χ1n) is 8.01. The predicted octanol–water partition coefficient (Wildman–Crippen LogP) is 0.970. The van der Waals surface area contributed by atoms with Gasteiger partial charge in [-0.1, -0.05) is 5.16 Å². The number of carboxylic acid groups (broad SMARTS) is 1. The standard InChI is InChI=1S/C15H21N3O5/c1-9-7-18(8-11(22-9)15(20)21)13(19)4-2-3-12-16-14(17-23-12)10-5-6-10/h9-11H,2-8H2,1H3,(H,20,21)/t9-,11?/m1/s1. The summed E-state index contributed by atoms with van der Waals surface area (Å²) in [5.41, 5.74) is 0. The molecule has 126 valence electrons. The average molecular weight is 323 g/mol. The lowest BCUT2D eigenvalue weighted by Crippen LogP contribution is -2.51. The van der Waals surface area contributed by atoms with Crippen LogP contribution in [0.2, 0.25) is 0 Å². The fraction of sp³-hybridized carbons (Fsp3) is 0.733. The lowest BCUT2D eigenvalue weighted by molar-refractivity contribution is -0.166. The van der Waals surface area contributed by atoms with Gasteiger partial charge in [0.05, 0.1) is 12.6 Å². The van der Waals surface area contributed by atoms with Crippen LogP contribution in [0.25, 0.3) is 0 Å². The van der Waals surface area contributed by atoms with E-state index in [1.54, 1.807) is 11.8 Å². The van der Waals surface area contributed by atoms with Crippen molar-refractivity contribution in [2.75, 3.05) is 13.1 Å². The van der Waals surface area contributed by atoms with E-state index in [9.17, 15) is 9.59 Å². The summed E-state index contributed by atoms with van der Waals surface area (Å²) in [5, 5.41) is 13.0. The Hall–Kier alpha value is -1.96. The second kappa shape index (κ2) is 6.66. The van der Waals surface area contributed by atoms with Crippen molar-refractivity contribution in [3.05, 3.63) is 11.7 Å². The highest BCUT2D eigenvalue weighted by atomic mass is 16.5. The molecule has 1 aliphatic carbocycles. The quantitative estimate of drug-likeness (QED) is 0.831. The number of carbonyl (C=O) groups excluding carboxylic acids is 1. The van der Waals surface area contributed by atoms with E-state index in [1.807, 2.05) is 0 Å². The fourth-order valence-corrected chi connectivity index (χ4v) is 2.72. The van der Waals surface area contributed by atoms with Crippen molar-refractivity contribution in [3.8, 4) is 0 Å². The van der Waals surface area contributed by atoms with E-state index in [-0.39, 0.29) is 18.6 Å². The summed E-state index contributed by atoms with van der Waals surface area (Å²) >= 11 is 0. The second-order valence-corrected chi connectivity index (χ2v) is 6.25. The fourth-order valence-electron chi connectivity index (χ4n) is 2.72. The van der Waals surface area contributed by atoms with Crippen LogP contribution in [0.3, 0.4) is 0 Å². The molecule has 1 amide bonds. The summed E-state index contributed by atoms with van der Waals surface area (Å²) in [6, 6.07) is 0. The topological polar surface area (TPSA) is 106 Å². The monoisotopic (exact) mass is 323 g/mol. The van der Waals surface area contributed by atoms with E-state index in [0.29, 0.717) is 37.6 Å². The van der Waals surface area contributed by atoms with E-state index in [2.05, 4.69) is 10.1 Å². The molecule has 2 atom stereocenters. The van der Waals surface area contributed by atoms with Crippen LogP contribution >= 0.6 is 0 Å². The number of carbonyl (C=O) groups is 2. The highest BCUT2D eigenvalue weighted by Gasteiger charge is 2.32. The summed E-state index contributed by atoms with van der Waals surface area (Å²) in [5.74, 6) is 0.703. The molecule has 1 unspecified atom stereocenters. The van der Waals surface area contributed by atoms with Gasteiger partial charge in [-0.2, -0.15) is 4.98 Å². The first kappa shape index (κ1) is 15.9. The molecule has 1 saturated heterocycles.